The fourth-order valence-corrected chi connectivity index (χ4v) is 3.54. The molecule has 0 spiro atoms. The van der Waals surface area contributed by atoms with E-state index < -0.39 is 11.7 Å². The molecule has 6 heteroatoms. The molecule has 3 rings (SSSR count). The lowest BCUT2D eigenvalue weighted by atomic mass is 10.1. The summed E-state index contributed by atoms with van der Waals surface area (Å²) < 4.78 is 14.2. The highest BCUT2D eigenvalue weighted by molar-refractivity contribution is 6.03. The number of amides is 2. The predicted octanol–water partition coefficient (Wildman–Crippen LogP) is 3.97. The van der Waals surface area contributed by atoms with Crippen LogP contribution in [0.15, 0.2) is 42.5 Å². The van der Waals surface area contributed by atoms with Gasteiger partial charge >= 0.3 is 0 Å². The molecule has 1 unspecified atom stereocenters. The number of carbonyl (C=O) groups excluding carboxylic acids is 2. The van der Waals surface area contributed by atoms with Crippen molar-refractivity contribution in [2.45, 2.75) is 27.2 Å². The zero-order valence-electron chi connectivity index (χ0n) is 16.5. The second kappa shape index (κ2) is 8.42. The van der Waals surface area contributed by atoms with Crippen LogP contribution < -0.4 is 15.1 Å². The maximum atomic E-state index is 14.2. The molecule has 1 heterocycles. The van der Waals surface area contributed by atoms with E-state index in [0.29, 0.717) is 5.69 Å². The molecular weight excluding hydrogens is 357 g/mol. The van der Waals surface area contributed by atoms with E-state index >= 15 is 0 Å². The third-order valence-corrected chi connectivity index (χ3v) is 5.15. The average Bonchev–Trinajstić information content (AvgIpc) is 3.06. The molecule has 1 saturated heterocycles. The first-order valence-corrected chi connectivity index (χ1v) is 9.65. The maximum Gasteiger partial charge on any atom is 0.229 e. The summed E-state index contributed by atoms with van der Waals surface area (Å²) >= 11 is 0. The Kier molecular flexibility index (Phi) is 5.97. The van der Waals surface area contributed by atoms with Gasteiger partial charge in [0.15, 0.2) is 0 Å². The van der Waals surface area contributed by atoms with Gasteiger partial charge in [0, 0.05) is 37.4 Å². The number of halogens is 1. The van der Waals surface area contributed by atoms with Crippen molar-refractivity contribution >= 4 is 28.9 Å². The second-order valence-corrected chi connectivity index (χ2v) is 7.07. The molecule has 2 amide bonds. The standard InChI is InChI=1S/C22H26FN3O2/c1-4-25(5-2)18-9-7-17(8-10-18)24-22(28)16-13-21(27)26(14-16)20-11-6-15(3)12-19(20)23/h6-12,16H,4-5,13-14H2,1-3H3,(H,24,28). The fourth-order valence-electron chi connectivity index (χ4n) is 3.54. The summed E-state index contributed by atoms with van der Waals surface area (Å²) in [5.74, 6) is -1.41. The molecule has 0 radical (unpaired) electrons. The van der Waals surface area contributed by atoms with Crippen LogP contribution in [0.2, 0.25) is 0 Å². The van der Waals surface area contributed by atoms with Gasteiger partial charge in [-0.25, -0.2) is 4.39 Å². The molecule has 28 heavy (non-hydrogen) atoms. The zero-order chi connectivity index (χ0) is 20.3. The summed E-state index contributed by atoms with van der Waals surface area (Å²) in [4.78, 5) is 28.5. The SMILES string of the molecule is CCN(CC)c1ccc(NC(=O)C2CC(=O)N(c3ccc(C)cc3F)C2)cc1. The number of aryl methyl sites for hydroxylation is 1. The van der Waals surface area contributed by atoms with Crippen LogP contribution in [0.5, 0.6) is 0 Å². The summed E-state index contributed by atoms with van der Waals surface area (Å²) in [5.41, 5.74) is 2.80. The average molecular weight is 383 g/mol. The lowest BCUT2D eigenvalue weighted by Gasteiger charge is -2.21. The van der Waals surface area contributed by atoms with Crippen molar-refractivity contribution < 1.29 is 14.0 Å². The number of carbonyl (C=O) groups is 2. The van der Waals surface area contributed by atoms with Crippen LogP contribution in [-0.4, -0.2) is 31.4 Å². The molecule has 1 aliphatic heterocycles. The number of hydrogen-bond donors (Lipinski definition) is 1. The zero-order valence-corrected chi connectivity index (χ0v) is 16.5. The Morgan fingerprint density at radius 2 is 1.86 bits per heavy atom. The quantitative estimate of drug-likeness (QED) is 0.821. The van der Waals surface area contributed by atoms with E-state index in [4.69, 9.17) is 0 Å². The minimum atomic E-state index is -0.504. The number of benzene rings is 2. The summed E-state index contributed by atoms with van der Waals surface area (Å²) in [6.07, 6.45) is 0.0800. The Labute approximate surface area is 165 Å². The first-order chi connectivity index (χ1) is 13.4. The number of nitrogens with zero attached hydrogens (tertiary/aromatic N) is 2. The lowest BCUT2D eigenvalue weighted by Crippen LogP contribution is -2.28. The Morgan fingerprint density at radius 1 is 1.18 bits per heavy atom. The lowest BCUT2D eigenvalue weighted by molar-refractivity contribution is -0.122. The Morgan fingerprint density at radius 3 is 2.46 bits per heavy atom. The van der Waals surface area contributed by atoms with Crippen molar-refractivity contribution in [3.63, 3.8) is 0 Å². The number of hydrogen-bond acceptors (Lipinski definition) is 3. The van der Waals surface area contributed by atoms with Crippen molar-refractivity contribution in [3.8, 4) is 0 Å². The minimum absolute atomic E-state index is 0.0800. The highest BCUT2D eigenvalue weighted by Crippen LogP contribution is 2.29. The van der Waals surface area contributed by atoms with Gasteiger partial charge in [-0.05, 0) is 62.7 Å². The molecular formula is C22H26FN3O2. The third kappa shape index (κ3) is 4.16. The molecule has 2 aromatic rings. The van der Waals surface area contributed by atoms with Crippen molar-refractivity contribution in [2.24, 2.45) is 5.92 Å². The van der Waals surface area contributed by atoms with E-state index in [0.717, 1.165) is 24.3 Å². The van der Waals surface area contributed by atoms with Crippen LogP contribution in [0.25, 0.3) is 0 Å². The molecule has 1 aliphatic rings. The summed E-state index contributed by atoms with van der Waals surface area (Å²) in [7, 11) is 0. The minimum Gasteiger partial charge on any atom is -0.372 e. The molecule has 2 aromatic carbocycles. The molecule has 0 saturated carbocycles. The van der Waals surface area contributed by atoms with Crippen LogP contribution in [0.3, 0.4) is 0 Å². The molecule has 0 bridgehead atoms. The molecule has 1 atom stereocenters. The number of anilines is 3. The van der Waals surface area contributed by atoms with Gasteiger partial charge in [0.2, 0.25) is 11.8 Å². The van der Waals surface area contributed by atoms with Crippen molar-refractivity contribution in [2.75, 3.05) is 34.8 Å². The molecule has 1 fully saturated rings. The Balaban J connectivity index is 1.66. The Hall–Kier alpha value is -2.89. The highest BCUT2D eigenvalue weighted by atomic mass is 19.1. The molecule has 148 valence electrons. The Bertz CT molecular complexity index is 863. The van der Waals surface area contributed by atoms with Gasteiger partial charge in [0.25, 0.3) is 0 Å². The van der Waals surface area contributed by atoms with Crippen molar-refractivity contribution in [1.82, 2.24) is 0 Å². The molecule has 1 N–H and O–H groups in total. The van der Waals surface area contributed by atoms with Crippen molar-refractivity contribution in [3.05, 3.63) is 53.8 Å². The number of nitrogens with one attached hydrogen (secondary N) is 1. The first-order valence-electron chi connectivity index (χ1n) is 9.65. The largest absolute Gasteiger partial charge is 0.372 e. The topological polar surface area (TPSA) is 52.7 Å². The summed E-state index contributed by atoms with van der Waals surface area (Å²) in [6.45, 7) is 8.00. The fraction of sp³-hybridized carbons (Fsp3) is 0.364. The first kappa shape index (κ1) is 19.9. The van der Waals surface area contributed by atoms with E-state index in [1.54, 1.807) is 19.1 Å². The van der Waals surface area contributed by atoms with Gasteiger partial charge in [0.1, 0.15) is 5.82 Å². The van der Waals surface area contributed by atoms with Gasteiger partial charge in [-0.1, -0.05) is 6.07 Å². The van der Waals surface area contributed by atoms with Gasteiger partial charge in [-0.3, -0.25) is 9.59 Å². The monoisotopic (exact) mass is 383 g/mol. The molecule has 5 nitrogen and oxygen atoms in total. The van der Waals surface area contributed by atoms with Crippen molar-refractivity contribution in [1.29, 1.82) is 0 Å². The predicted molar refractivity (Wildman–Crippen MR) is 110 cm³/mol. The third-order valence-electron chi connectivity index (χ3n) is 5.15. The second-order valence-electron chi connectivity index (χ2n) is 7.07. The van der Waals surface area contributed by atoms with E-state index in [1.165, 1.54) is 11.0 Å². The number of rotatable bonds is 6. The van der Waals surface area contributed by atoms with E-state index in [-0.39, 0.29) is 30.5 Å². The molecule has 0 aromatic heterocycles. The summed E-state index contributed by atoms with van der Waals surface area (Å²) in [5, 5.41) is 2.87. The highest BCUT2D eigenvalue weighted by Gasteiger charge is 2.36. The van der Waals surface area contributed by atoms with Gasteiger partial charge in [-0.15, -0.1) is 0 Å². The summed E-state index contributed by atoms with van der Waals surface area (Å²) in [6, 6.07) is 12.4. The van der Waals surface area contributed by atoms with E-state index in [1.807, 2.05) is 24.3 Å². The van der Waals surface area contributed by atoms with Crippen LogP contribution >= 0.6 is 0 Å². The maximum absolute atomic E-state index is 14.2. The van der Waals surface area contributed by atoms with Crippen LogP contribution in [-0.2, 0) is 9.59 Å². The van der Waals surface area contributed by atoms with Gasteiger partial charge < -0.3 is 15.1 Å². The van der Waals surface area contributed by atoms with E-state index in [9.17, 15) is 14.0 Å². The van der Waals surface area contributed by atoms with Crippen LogP contribution in [0.4, 0.5) is 21.5 Å². The smallest absolute Gasteiger partial charge is 0.229 e. The normalized spacial score (nSPS) is 16.4. The van der Waals surface area contributed by atoms with Gasteiger partial charge in [0.05, 0.1) is 11.6 Å². The van der Waals surface area contributed by atoms with E-state index in [2.05, 4.69) is 24.1 Å². The van der Waals surface area contributed by atoms with Crippen LogP contribution in [0.1, 0.15) is 25.8 Å². The molecule has 0 aliphatic carbocycles. The van der Waals surface area contributed by atoms with Gasteiger partial charge in [-0.2, -0.15) is 0 Å². The van der Waals surface area contributed by atoms with Crippen LogP contribution in [0, 0.1) is 18.7 Å².